The van der Waals surface area contributed by atoms with Crippen LogP contribution in [0.5, 0.6) is 0 Å². The van der Waals surface area contributed by atoms with Crippen molar-refractivity contribution in [2.45, 2.75) is 96.9 Å². The average Bonchev–Trinajstić information content (AvgIpc) is 4.02. The van der Waals surface area contributed by atoms with Crippen LogP contribution in [0, 0.1) is 11.8 Å². The van der Waals surface area contributed by atoms with Gasteiger partial charge < -0.3 is 34.6 Å². The first-order valence-corrected chi connectivity index (χ1v) is 19.6. The largest absolute Gasteiger partial charge is 0.453 e. The number of amides is 3. The summed E-state index contributed by atoms with van der Waals surface area (Å²) in [5.41, 5.74) is 6.82. The Hall–Kier alpha value is -3.57. The molecule has 3 aliphatic heterocycles. The van der Waals surface area contributed by atoms with Gasteiger partial charge in [-0.2, -0.15) is 54.0 Å². The van der Waals surface area contributed by atoms with E-state index in [0.29, 0.717) is 32.1 Å². The van der Waals surface area contributed by atoms with Crippen LogP contribution in [-0.4, -0.2) is 80.5 Å². The maximum atomic E-state index is 13.8. The Bertz CT molecular complexity index is 1940. The third-order valence-electron chi connectivity index (χ3n) is 11.5. The fraction of sp³-hybridized carbons (Fsp3) is 0.500. The molecule has 2 saturated heterocycles. The smallest absolute Gasteiger partial charge is 0.407 e. The molecule has 0 aliphatic carbocycles. The first-order valence-electron chi connectivity index (χ1n) is 19.6. The van der Waals surface area contributed by atoms with Gasteiger partial charge in [-0.15, -0.1) is 0 Å². The van der Waals surface area contributed by atoms with Gasteiger partial charge in [0.1, 0.15) is 17.7 Å². The van der Waals surface area contributed by atoms with E-state index in [-0.39, 0.29) is 83.8 Å². The molecule has 7 rings (SSSR count). The minimum absolute atomic E-state index is 0. The maximum absolute atomic E-state index is 13.8. The van der Waals surface area contributed by atoms with Crippen LogP contribution in [0.4, 0.5) is 4.79 Å². The second-order valence-electron chi connectivity index (χ2n) is 15.3. The fourth-order valence-corrected chi connectivity index (χ4v) is 7.98. The van der Waals surface area contributed by atoms with Crippen molar-refractivity contribution in [2.24, 2.45) is 11.8 Å². The molecule has 58 heavy (non-hydrogen) atoms. The zero-order chi connectivity index (χ0) is 37.8. The number of aromatic amines is 2. The Morgan fingerprint density at radius 1 is 0.793 bits per heavy atom. The number of carbonyl (C=O) groups is 3. The Kier molecular flexibility index (Phi) is 18.6. The average molecular weight is 872 g/mol. The second-order valence-corrected chi connectivity index (χ2v) is 15.3. The number of hydrogen-bond donors (Lipinski definition) is 3. The van der Waals surface area contributed by atoms with Crippen molar-refractivity contribution < 1.29 is 23.9 Å². The maximum Gasteiger partial charge on any atom is 0.407 e. The Labute approximate surface area is 370 Å². The number of likely N-dealkylation sites (tertiary alicyclic amines) is 1. The molecule has 2 bridgehead atoms. The van der Waals surface area contributed by atoms with Gasteiger partial charge in [0, 0.05) is 31.2 Å². The van der Waals surface area contributed by atoms with Crippen LogP contribution in [0.3, 0.4) is 0 Å². The fourth-order valence-electron chi connectivity index (χ4n) is 7.98. The van der Waals surface area contributed by atoms with Crippen LogP contribution in [0.2, 0.25) is 0 Å². The number of rotatable bonds is 7. The van der Waals surface area contributed by atoms with E-state index < -0.39 is 12.1 Å². The number of nitrogens with zero attached hydrogens (tertiary/aromatic N) is 4. The summed E-state index contributed by atoms with van der Waals surface area (Å²) >= 11 is 0. The molecule has 4 aromatic rings. The normalized spacial score (nSPS) is 20.0. The molecule has 0 spiro atoms. The molecule has 12 nitrogen and oxygen atoms in total. The van der Waals surface area contributed by atoms with Gasteiger partial charge in [-0.05, 0) is 61.1 Å². The SMILES string of the molecule is COC(=O)N[C@H]1CCCCCOCc2[nH]c(nc2-c2ccc(-c3ccc(-c4cnc([C@@H]5CCCN5C(=O)[C@@H](C)C(C)C)[nH]4)cc3)cc2)[C@@H]2CCCN2C1=O.S.S.S.S. The van der Waals surface area contributed by atoms with Gasteiger partial charge >= 0.3 is 6.09 Å². The van der Waals surface area contributed by atoms with Gasteiger partial charge in [0.2, 0.25) is 11.8 Å². The van der Waals surface area contributed by atoms with Crippen molar-refractivity contribution in [3.8, 4) is 33.6 Å². The van der Waals surface area contributed by atoms with Gasteiger partial charge in [-0.3, -0.25) is 9.59 Å². The number of carbonyl (C=O) groups excluding carboxylic acids is 3. The second kappa shape index (κ2) is 22.2. The zero-order valence-electron chi connectivity index (χ0n) is 33.9. The predicted octanol–water partition coefficient (Wildman–Crippen LogP) is 8.02. The van der Waals surface area contributed by atoms with Crippen LogP contribution < -0.4 is 5.32 Å². The highest BCUT2D eigenvalue weighted by Gasteiger charge is 2.37. The molecule has 3 aliphatic rings. The molecule has 4 atom stereocenters. The summed E-state index contributed by atoms with van der Waals surface area (Å²) in [7, 11) is 1.31. The third-order valence-corrected chi connectivity index (χ3v) is 11.5. The quantitative estimate of drug-likeness (QED) is 0.171. The summed E-state index contributed by atoms with van der Waals surface area (Å²) in [6, 6.07) is 16.0. The highest BCUT2D eigenvalue weighted by atomic mass is 32.1. The standard InChI is InChI=1S/C42H53N7O5.4H2S/c1-26(2)27(3)40(50)48-21-8-11-35(48)38-43-24-33(44-38)30-17-13-28(14-18-30)29-15-19-31(20-16-29)37-34-25-54-23-7-5-6-10-32(46-42(52)53-4)41(51)49-22-9-12-36(49)39(45-34)47-37;;;;/h13-20,24,26-27,32,35-36H,5-12,21-23,25H2,1-4H3,(H,43,44)(H,45,47)(H,46,52);4*1H2/t27-,32-,35-,36-;;;;/m0..../s1. The molecular formula is C42H61N7O5S4. The van der Waals surface area contributed by atoms with Crippen LogP contribution in [0.25, 0.3) is 33.6 Å². The van der Waals surface area contributed by atoms with E-state index >= 15 is 0 Å². The summed E-state index contributed by atoms with van der Waals surface area (Å²) < 4.78 is 11.0. The van der Waals surface area contributed by atoms with Crippen LogP contribution in [0.15, 0.2) is 54.7 Å². The lowest BCUT2D eigenvalue weighted by Gasteiger charge is -2.28. The number of aromatic nitrogens is 4. The van der Waals surface area contributed by atoms with E-state index in [4.69, 9.17) is 19.4 Å². The van der Waals surface area contributed by atoms with Crippen molar-refractivity contribution in [1.29, 1.82) is 0 Å². The lowest BCUT2D eigenvalue weighted by Crippen LogP contribution is -2.48. The van der Waals surface area contributed by atoms with Crippen molar-refractivity contribution in [3.05, 3.63) is 72.1 Å². The van der Waals surface area contributed by atoms with E-state index in [9.17, 15) is 14.4 Å². The van der Waals surface area contributed by atoms with Crippen molar-refractivity contribution in [3.63, 3.8) is 0 Å². The van der Waals surface area contributed by atoms with Gasteiger partial charge in [-0.25, -0.2) is 14.8 Å². The van der Waals surface area contributed by atoms with E-state index in [2.05, 4.69) is 77.7 Å². The Balaban J connectivity index is 0.00000225. The number of hydrogen-bond acceptors (Lipinski definition) is 7. The minimum Gasteiger partial charge on any atom is -0.453 e. The summed E-state index contributed by atoms with van der Waals surface area (Å²) in [5.74, 6) is 1.99. The molecule has 3 N–H and O–H groups in total. The molecule has 2 aromatic heterocycles. The number of nitrogens with one attached hydrogen (secondary N) is 3. The number of methoxy groups -OCH3 is 1. The molecule has 16 heteroatoms. The molecule has 0 unspecified atom stereocenters. The molecule has 0 radical (unpaired) electrons. The summed E-state index contributed by atoms with van der Waals surface area (Å²) in [6.07, 6.45) is 7.92. The molecule has 0 saturated carbocycles. The lowest BCUT2D eigenvalue weighted by molar-refractivity contribution is -0.137. The highest BCUT2D eigenvalue weighted by Crippen LogP contribution is 2.36. The van der Waals surface area contributed by atoms with Crippen molar-refractivity contribution in [1.82, 2.24) is 35.1 Å². The van der Waals surface area contributed by atoms with E-state index in [1.54, 1.807) is 0 Å². The molecule has 3 amide bonds. The number of benzene rings is 2. The topological polar surface area (TPSA) is 146 Å². The summed E-state index contributed by atoms with van der Waals surface area (Å²) in [5, 5.41) is 2.77. The molecular weight excluding hydrogens is 811 g/mol. The first-order chi connectivity index (χ1) is 26.2. The van der Waals surface area contributed by atoms with Crippen LogP contribution in [-0.2, 0) is 25.7 Å². The van der Waals surface area contributed by atoms with E-state index in [1.807, 2.05) is 22.9 Å². The van der Waals surface area contributed by atoms with Crippen LogP contribution in [0.1, 0.15) is 102 Å². The summed E-state index contributed by atoms with van der Waals surface area (Å²) in [6.45, 7) is 8.60. The van der Waals surface area contributed by atoms with Crippen molar-refractivity contribution >= 4 is 71.9 Å². The number of ether oxygens (including phenoxy) is 2. The molecule has 5 heterocycles. The third kappa shape index (κ3) is 10.8. The van der Waals surface area contributed by atoms with Gasteiger partial charge in [0.25, 0.3) is 0 Å². The first kappa shape index (κ1) is 48.8. The molecule has 2 aromatic carbocycles. The Morgan fingerprint density at radius 3 is 2.10 bits per heavy atom. The highest BCUT2D eigenvalue weighted by molar-refractivity contribution is 7.59. The van der Waals surface area contributed by atoms with Gasteiger partial charge in [0.05, 0.1) is 49.1 Å². The molecule has 318 valence electrons. The number of imidazole rings is 2. The Morgan fingerprint density at radius 2 is 1.43 bits per heavy atom. The summed E-state index contributed by atoms with van der Waals surface area (Å²) in [4.78, 5) is 59.8. The van der Waals surface area contributed by atoms with Crippen molar-refractivity contribution in [2.75, 3.05) is 26.8 Å². The van der Waals surface area contributed by atoms with Gasteiger partial charge in [0.15, 0.2) is 0 Å². The van der Waals surface area contributed by atoms with E-state index in [0.717, 1.165) is 102 Å². The van der Waals surface area contributed by atoms with Crippen LogP contribution >= 0.6 is 54.0 Å². The van der Waals surface area contributed by atoms with Gasteiger partial charge in [-0.1, -0.05) is 82.1 Å². The number of alkyl carbamates (subject to hydrolysis) is 1. The number of H-pyrrole nitrogens is 2. The lowest BCUT2D eigenvalue weighted by atomic mass is 9.96. The number of fused-ring (bicyclic) bond motifs is 4. The monoisotopic (exact) mass is 871 g/mol. The van der Waals surface area contributed by atoms with E-state index in [1.165, 1.54) is 7.11 Å². The molecule has 2 fully saturated rings. The zero-order valence-corrected chi connectivity index (χ0v) is 37.9. The predicted molar refractivity (Wildman–Crippen MR) is 247 cm³/mol. The minimum atomic E-state index is -0.646.